The molecule has 3 N–H and O–H groups in total. The molecule has 1 aliphatic heterocycles. The molecule has 0 aromatic heterocycles. The minimum atomic E-state index is -0.339. The molecule has 1 aromatic carbocycles. The molecular weight excluding hydrogens is 214 g/mol. The number of nitrogens with one attached hydrogen (secondary N) is 1. The van der Waals surface area contributed by atoms with Crippen molar-refractivity contribution in [2.24, 2.45) is 5.73 Å². The minimum absolute atomic E-state index is 0.339. The van der Waals surface area contributed by atoms with E-state index in [1.807, 2.05) is 18.2 Å². The first-order chi connectivity index (χ1) is 8.27. The molecule has 1 aromatic rings. The summed E-state index contributed by atoms with van der Waals surface area (Å²) < 4.78 is 0. The largest absolute Gasteiger partial charge is 0.366 e. The van der Waals surface area contributed by atoms with Crippen LogP contribution in [0.15, 0.2) is 24.3 Å². The predicted octanol–water partition coefficient (Wildman–Crippen LogP) is 0.581. The first-order valence-electron chi connectivity index (χ1n) is 6.08. The summed E-state index contributed by atoms with van der Waals surface area (Å²) in [4.78, 5) is 13.7. The Morgan fingerprint density at radius 3 is 2.94 bits per heavy atom. The van der Waals surface area contributed by atoms with Gasteiger partial charge in [-0.2, -0.15) is 0 Å². The summed E-state index contributed by atoms with van der Waals surface area (Å²) >= 11 is 0. The first-order valence-corrected chi connectivity index (χ1v) is 6.08. The summed E-state index contributed by atoms with van der Waals surface area (Å²) in [6, 6.07) is 7.59. The average molecular weight is 233 g/mol. The van der Waals surface area contributed by atoms with Gasteiger partial charge in [0.05, 0.1) is 0 Å². The number of rotatable bonds is 3. The molecular formula is C13H19N3O. The summed E-state index contributed by atoms with van der Waals surface area (Å²) in [5.74, 6) is -0.339. The van der Waals surface area contributed by atoms with Crippen LogP contribution >= 0.6 is 0 Å². The smallest absolute Gasteiger partial charge is 0.249 e. The molecule has 1 heterocycles. The van der Waals surface area contributed by atoms with E-state index in [0.29, 0.717) is 5.56 Å². The fraction of sp³-hybridized carbons (Fsp3) is 0.462. The van der Waals surface area contributed by atoms with Crippen molar-refractivity contribution >= 4 is 5.91 Å². The monoisotopic (exact) mass is 233 g/mol. The molecule has 1 saturated heterocycles. The van der Waals surface area contributed by atoms with Crippen molar-refractivity contribution in [1.29, 1.82) is 0 Å². The number of nitrogens with zero attached hydrogens (tertiary/aromatic N) is 1. The van der Waals surface area contributed by atoms with E-state index in [1.165, 1.54) is 0 Å². The Labute approximate surface area is 102 Å². The second-order valence-corrected chi connectivity index (χ2v) is 4.40. The molecule has 1 fully saturated rings. The lowest BCUT2D eigenvalue weighted by molar-refractivity contribution is 0.0998. The summed E-state index contributed by atoms with van der Waals surface area (Å²) in [5.41, 5.74) is 7.05. The van der Waals surface area contributed by atoms with Gasteiger partial charge in [0.25, 0.3) is 0 Å². The van der Waals surface area contributed by atoms with Gasteiger partial charge in [0.2, 0.25) is 5.91 Å². The maximum atomic E-state index is 11.3. The summed E-state index contributed by atoms with van der Waals surface area (Å²) in [7, 11) is 0. The fourth-order valence-corrected chi connectivity index (χ4v) is 2.20. The number of hydrogen-bond acceptors (Lipinski definition) is 3. The molecule has 2 rings (SSSR count). The van der Waals surface area contributed by atoms with Crippen LogP contribution in [0.4, 0.5) is 0 Å². The lowest BCUT2D eigenvalue weighted by Gasteiger charge is -2.20. The molecule has 0 bridgehead atoms. The zero-order chi connectivity index (χ0) is 12.1. The summed E-state index contributed by atoms with van der Waals surface area (Å²) in [5, 5.41) is 3.37. The van der Waals surface area contributed by atoms with Crippen LogP contribution < -0.4 is 11.1 Å². The third-order valence-corrected chi connectivity index (χ3v) is 3.11. The molecule has 92 valence electrons. The molecule has 0 unspecified atom stereocenters. The predicted molar refractivity (Wildman–Crippen MR) is 67.7 cm³/mol. The number of carbonyl (C=O) groups is 1. The van der Waals surface area contributed by atoms with Crippen molar-refractivity contribution in [1.82, 2.24) is 10.2 Å². The minimum Gasteiger partial charge on any atom is -0.366 e. The molecule has 1 aliphatic rings. The van der Waals surface area contributed by atoms with Gasteiger partial charge in [0.1, 0.15) is 0 Å². The molecule has 0 radical (unpaired) electrons. The van der Waals surface area contributed by atoms with Crippen LogP contribution in [0.3, 0.4) is 0 Å². The van der Waals surface area contributed by atoms with Gasteiger partial charge in [-0.25, -0.2) is 0 Å². The number of nitrogens with two attached hydrogens (primary N) is 1. The van der Waals surface area contributed by atoms with E-state index in [4.69, 9.17) is 5.73 Å². The first kappa shape index (κ1) is 12.1. The van der Waals surface area contributed by atoms with Gasteiger partial charge < -0.3 is 11.1 Å². The molecule has 0 saturated carbocycles. The maximum Gasteiger partial charge on any atom is 0.249 e. The van der Waals surface area contributed by atoms with Gasteiger partial charge in [0, 0.05) is 25.2 Å². The molecule has 4 heteroatoms. The fourth-order valence-electron chi connectivity index (χ4n) is 2.20. The Kier molecular flexibility index (Phi) is 4.12. The second-order valence-electron chi connectivity index (χ2n) is 4.40. The molecule has 0 aliphatic carbocycles. The van der Waals surface area contributed by atoms with Crippen molar-refractivity contribution in [3.63, 3.8) is 0 Å². The number of carbonyl (C=O) groups excluding carboxylic acids is 1. The van der Waals surface area contributed by atoms with Gasteiger partial charge in [-0.05, 0) is 31.1 Å². The van der Waals surface area contributed by atoms with Crippen LogP contribution in [0.25, 0.3) is 0 Å². The van der Waals surface area contributed by atoms with Gasteiger partial charge in [-0.15, -0.1) is 0 Å². The van der Waals surface area contributed by atoms with Crippen LogP contribution in [0.1, 0.15) is 22.3 Å². The maximum absolute atomic E-state index is 11.3. The van der Waals surface area contributed by atoms with Crippen LogP contribution in [0.2, 0.25) is 0 Å². The SMILES string of the molecule is NC(=O)c1ccccc1CN1CCCNCC1. The van der Waals surface area contributed by atoms with E-state index in [9.17, 15) is 4.79 Å². The Hall–Kier alpha value is -1.39. The molecule has 0 spiro atoms. The third-order valence-electron chi connectivity index (χ3n) is 3.11. The van der Waals surface area contributed by atoms with Crippen LogP contribution in [-0.2, 0) is 6.54 Å². The zero-order valence-electron chi connectivity index (χ0n) is 9.98. The molecule has 1 amide bonds. The molecule has 0 atom stereocenters. The average Bonchev–Trinajstić information content (AvgIpc) is 2.58. The Morgan fingerprint density at radius 2 is 2.12 bits per heavy atom. The Bertz CT molecular complexity index is 384. The summed E-state index contributed by atoms with van der Waals surface area (Å²) in [6.07, 6.45) is 1.15. The third kappa shape index (κ3) is 3.28. The van der Waals surface area contributed by atoms with Crippen LogP contribution in [0, 0.1) is 0 Å². The van der Waals surface area contributed by atoms with E-state index >= 15 is 0 Å². The quantitative estimate of drug-likeness (QED) is 0.803. The van der Waals surface area contributed by atoms with Crippen molar-refractivity contribution in [3.8, 4) is 0 Å². The highest BCUT2D eigenvalue weighted by atomic mass is 16.1. The highest BCUT2D eigenvalue weighted by molar-refractivity contribution is 5.94. The van der Waals surface area contributed by atoms with E-state index in [2.05, 4.69) is 10.2 Å². The lowest BCUT2D eigenvalue weighted by Crippen LogP contribution is -2.28. The summed E-state index contributed by atoms with van der Waals surface area (Å²) in [6.45, 7) is 4.99. The van der Waals surface area contributed by atoms with Crippen LogP contribution in [0.5, 0.6) is 0 Å². The topological polar surface area (TPSA) is 58.4 Å². The van der Waals surface area contributed by atoms with Crippen LogP contribution in [-0.4, -0.2) is 37.0 Å². The number of amides is 1. The van der Waals surface area contributed by atoms with E-state index < -0.39 is 0 Å². The van der Waals surface area contributed by atoms with Gasteiger partial charge >= 0.3 is 0 Å². The molecule has 4 nitrogen and oxygen atoms in total. The van der Waals surface area contributed by atoms with Gasteiger partial charge in [-0.1, -0.05) is 18.2 Å². The van der Waals surface area contributed by atoms with Crippen molar-refractivity contribution < 1.29 is 4.79 Å². The van der Waals surface area contributed by atoms with E-state index in [0.717, 1.165) is 44.7 Å². The van der Waals surface area contributed by atoms with E-state index in [1.54, 1.807) is 6.07 Å². The Morgan fingerprint density at radius 1 is 1.29 bits per heavy atom. The standard InChI is InChI=1S/C13H19N3O/c14-13(17)12-5-2-1-4-11(12)10-16-8-3-6-15-7-9-16/h1-2,4-5,15H,3,6-10H2,(H2,14,17). The normalized spacial score (nSPS) is 17.6. The highest BCUT2D eigenvalue weighted by Crippen LogP contribution is 2.12. The molecule has 17 heavy (non-hydrogen) atoms. The lowest BCUT2D eigenvalue weighted by atomic mass is 10.1. The van der Waals surface area contributed by atoms with Crippen molar-refractivity contribution in [2.75, 3.05) is 26.2 Å². The number of primary amides is 1. The van der Waals surface area contributed by atoms with Crippen molar-refractivity contribution in [2.45, 2.75) is 13.0 Å². The van der Waals surface area contributed by atoms with Gasteiger partial charge in [0.15, 0.2) is 0 Å². The highest BCUT2D eigenvalue weighted by Gasteiger charge is 2.12. The Balaban J connectivity index is 2.09. The van der Waals surface area contributed by atoms with Gasteiger partial charge in [-0.3, -0.25) is 9.69 Å². The zero-order valence-corrected chi connectivity index (χ0v) is 9.98. The second kappa shape index (κ2) is 5.80. The number of hydrogen-bond donors (Lipinski definition) is 2. The van der Waals surface area contributed by atoms with Crippen molar-refractivity contribution in [3.05, 3.63) is 35.4 Å². The van der Waals surface area contributed by atoms with E-state index in [-0.39, 0.29) is 5.91 Å². The number of benzene rings is 1.